The van der Waals surface area contributed by atoms with Gasteiger partial charge < -0.3 is 31.9 Å². The maximum Gasteiger partial charge on any atom is 0.0883 e. The minimum absolute atomic E-state index is 0. The lowest BCUT2D eigenvalue weighted by atomic mass is 10.4. The lowest BCUT2D eigenvalue weighted by molar-refractivity contribution is 0.534. The van der Waals surface area contributed by atoms with Crippen LogP contribution in [0.3, 0.4) is 0 Å². The molecule has 0 aromatic carbocycles. The van der Waals surface area contributed by atoms with E-state index in [1.807, 2.05) is 6.21 Å². The lowest BCUT2D eigenvalue weighted by Crippen LogP contribution is -2.39. The third kappa shape index (κ3) is 23.4. The molecule has 8 nitrogen and oxygen atoms in total. The molecule has 3 fully saturated rings. The van der Waals surface area contributed by atoms with Gasteiger partial charge in [0.2, 0.25) is 0 Å². The highest BCUT2D eigenvalue weighted by Crippen LogP contribution is 1.76. The third-order valence-electron chi connectivity index (χ3n) is 3.44. The Morgan fingerprint density at radius 1 is 0.500 bits per heavy atom. The molecule has 4 heterocycles. The predicted octanol–water partition coefficient (Wildman–Crippen LogP) is -0.589. The van der Waals surface area contributed by atoms with Crippen LogP contribution in [0.1, 0.15) is 28.7 Å². The standard InChI is InChI=1S/C5H12N2.C4H10N2.C3H8N2.C3H6N2.3CH4/c1-2-6-4-5-7-3-1;1-2-6-4-3-5-1;2*1-2-5-3-4-1;;;/h6-7H,1-5H2;5-6H,1-4H2;4-5H,1-3H2;1,5H,2-3H2;3*1H4. The van der Waals surface area contributed by atoms with Gasteiger partial charge >= 0.3 is 0 Å². The maximum absolute atomic E-state index is 3.85. The van der Waals surface area contributed by atoms with E-state index in [1.165, 1.54) is 19.5 Å². The first kappa shape index (κ1) is 30.1. The molecule has 0 bridgehead atoms. The molecule has 0 atom stereocenters. The molecule has 7 N–H and O–H groups in total. The van der Waals surface area contributed by atoms with Gasteiger partial charge in [-0.1, -0.05) is 22.3 Å². The summed E-state index contributed by atoms with van der Waals surface area (Å²) in [4.78, 5) is 3.85. The summed E-state index contributed by atoms with van der Waals surface area (Å²) >= 11 is 0. The third-order valence-corrected chi connectivity index (χ3v) is 3.44. The molecule has 160 valence electrons. The Bertz CT molecular complexity index is 211. The topological polar surface area (TPSA) is 96.6 Å². The van der Waals surface area contributed by atoms with E-state index in [2.05, 4.69) is 42.2 Å². The van der Waals surface area contributed by atoms with Crippen LogP contribution in [0, 0.1) is 0 Å². The summed E-state index contributed by atoms with van der Waals surface area (Å²) in [7, 11) is 0. The summed E-state index contributed by atoms with van der Waals surface area (Å²) in [6.07, 6.45) is 3.15. The van der Waals surface area contributed by atoms with Gasteiger partial charge in [-0.15, -0.1) is 0 Å². The number of nitrogens with zero attached hydrogens (tertiary/aromatic N) is 1. The van der Waals surface area contributed by atoms with Crippen LogP contribution in [-0.2, 0) is 0 Å². The molecule has 0 aromatic heterocycles. The summed E-state index contributed by atoms with van der Waals surface area (Å²) in [6.45, 7) is 14.3. The van der Waals surface area contributed by atoms with Crippen LogP contribution in [0.5, 0.6) is 0 Å². The first-order valence-electron chi connectivity index (χ1n) is 8.93. The molecule has 3 saturated heterocycles. The van der Waals surface area contributed by atoms with E-state index < -0.39 is 0 Å². The summed E-state index contributed by atoms with van der Waals surface area (Å²) in [5.41, 5.74) is 0. The Morgan fingerprint density at radius 3 is 1.15 bits per heavy atom. The largest absolute Gasteiger partial charge is 0.315 e. The van der Waals surface area contributed by atoms with Crippen molar-refractivity contribution < 1.29 is 0 Å². The second kappa shape index (κ2) is 26.6. The fourth-order valence-electron chi connectivity index (χ4n) is 2.13. The van der Waals surface area contributed by atoms with E-state index in [9.17, 15) is 0 Å². The van der Waals surface area contributed by atoms with Crippen LogP contribution in [-0.4, -0.2) is 91.5 Å². The minimum Gasteiger partial charge on any atom is -0.315 e. The first-order valence-corrected chi connectivity index (χ1v) is 8.93. The van der Waals surface area contributed by atoms with Crippen LogP contribution in [0.15, 0.2) is 4.99 Å². The zero-order valence-electron chi connectivity index (χ0n) is 14.4. The molecular formula is C18H48N8. The molecule has 0 aromatic rings. The van der Waals surface area contributed by atoms with Crippen molar-refractivity contribution in [2.75, 3.05) is 85.3 Å². The van der Waals surface area contributed by atoms with Gasteiger partial charge in [-0.2, -0.15) is 0 Å². The van der Waals surface area contributed by atoms with Crippen LogP contribution in [0.4, 0.5) is 0 Å². The van der Waals surface area contributed by atoms with Gasteiger partial charge in [-0.05, 0) is 19.5 Å². The van der Waals surface area contributed by atoms with E-state index in [4.69, 9.17) is 0 Å². The Hall–Kier alpha value is -0.610. The van der Waals surface area contributed by atoms with Crippen LogP contribution in [0.2, 0.25) is 0 Å². The number of hydrogen-bond acceptors (Lipinski definition) is 8. The molecule has 0 amide bonds. The summed E-state index contributed by atoms with van der Waals surface area (Å²) in [5, 5.41) is 22.2. The Labute approximate surface area is 163 Å². The van der Waals surface area contributed by atoms with Crippen molar-refractivity contribution in [1.29, 1.82) is 0 Å². The Morgan fingerprint density at radius 2 is 0.923 bits per heavy atom. The van der Waals surface area contributed by atoms with Crippen molar-refractivity contribution in [2.45, 2.75) is 28.7 Å². The van der Waals surface area contributed by atoms with Gasteiger partial charge in [-0.3, -0.25) is 10.3 Å². The van der Waals surface area contributed by atoms with Crippen LogP contribution >= 0.6 is 0 Å². The molecule has 0 saturated carbocycles. The van der Waals surface area contributed by atoms with Crippen molar-refractivity contribution in [1.82, 2.24) is 37.2 Å². The fraction of sp³-hybridized carbons (Fsp3) is 0.944. The van der Waals surface area contributed by atoms with E-state index in [0.717, 1.165) is 72.2 Å². The molecule has 0 aliphatic carbocycles. The van der Waals surface area contributed by atoms with Crippen molar-refractivity contribution in [3.8, 4) is 0 Å². The van der Waals surface area contributed by atoms with Crippen molar-refractivity contribution >= 4 is 6.21 Å². The second-order valence-electron chi connectivity index (χ2n) is 5.51. The molecule has 0 radical (unpaired) electrons. The summed E-state index contributed by atoms with van der Waals surface area (Å²) < 4.78 is 0. The average Bonchev–Trinajstić information content (AvgIpc) is 3.33. The van der Waals surface area contributed by atoms with Crippen molar-refractivity contribution in [3.63, 3.8) is 0 Å². The fourth-order valence-corrected chi connectivity index (χ4v) is 2.13. The highest BCUT2D eigenvalue weighted by molar-refractivity contribution is 5.61. The number of piperazine rings is 1. The van der Waals surface area contributed by atoms with E-state index in [1.54, 1.807) is 0 Å². The molecule has 8 heteroatoms. The number of hydrogen-bond donors (Lipinski definition) is 7. The average molecular weight is 377 g/mol. The molecule has 4 aliphatic rings. The molecule has 0 spiro atoms. The molecule has 4 rings (SSSR count). The SMILES string of the molecule is C.C.C.C1=NCNC1.C1CNCCN1.C1CNCCNC1.C1CNCN1. The number of aliphatic imine (C=N–C) groups is 1. The van der Waals surface area contributed by atoms with Crippen LogP contribution < -0.4 is 37.2 Å². The molecule has 4 aliphatic heterocycles. The highest BCUT2D eigenvalue weighted by atomic mass is 15.1. The first-order chi connectivity index (χ1) is 11.5. The zero-order chi connectivity index (χ0) is 16.3. The molecule has 0 unspecified atom stereocenters. The van der Waals surface area contributed by atoms with E-state index >= 15 is 0 Å². The summed E-state index contributed by atoms with van der Waals surface area (Å²) in [6, 6.07) is 0. The van der Waals surface area contributed by atoms with Gasteiger partial charge in [0.05, 0.1) is 6.67 Å². The Balaban J connectivity index is -0.000000263. The molecular weight excluding hydrogens is 328 g/mol. The van der Waals surface area contributed by atoms with Gasteiger partial charge in [0.25, 0.3) is 0 Å². The molecule has 26 heavy (non-hydrogen) atoms. The zero-order valence-corrected chi connectivity index (χ0v) is 14.4. The van der Waals surface area contributed by atoms with Gasteiger partial charge in [0.1, 0.15) is 0 Å². The van der Waals surface area contributed by atoms with Crippen LogP contribution in [0.25, 0.3) is 0 Å². The van der Waals surface area contributed by atoms with Crippen molar-refractivity contribution in [2.24, 2.45) is 4.99 Å². The van der Waals surface area contributed by atoms with Crippen molar-refractivity contribution in [3.05, 3.63) is 0 Å². The van der Waals surface area contributed by atoms with E-state index in [-0.39, 0.29) is 22.3 Å². The highest BCUT2D eigenvalue weighted by Gasteiger charge is 1.93. The normalized spacial score (nSPS) is 20.6. The smallest absolute Gasteiger partial charge is 0.0883 e. The number of nitrogens with one attached hydrogen (secondary N) is 7. The maximum atomic E-state index is 3.85. The quantitative estimate of drug-likeness (QED) is 0.304. The van der Waals surface area contributed by atoms with Gasteiger partial charge in [0, 0.05) is 71.8 Å². The van der Waals surface area contributed by atoms with Gasteiger partial charge in [-0.25, -0.2) is 0 Å². The van der Waals surface area contributed by atoms with E-state index in [0.29, 0.717) is 0 Å². The lowest BCUT2D eigenvalue weighted by Gasteiger charge is -2.11. The predicted molar refractivity (Wildman–Crippen MR) is 119 cm³/mol. The minimum atomic E-state index is 0. The monoisotopic (exact) mass is 376 g/mol. The number of rotatable bonds is 0. The second-order valence-corrected chi connectivity index (χ2v) is 5.51. The Kier molecular flexibility index (Phi) is 30.8. The van der Waals surface area contributed by atoms with Gasteiger partial charge in [0.15, 0.2) is 0 Å². The summed E-state index contributed by atoms with van der Waals surface area (Å²) in [5.74, 6) is 0.